The van der Waals surface area contributed by atoms with Crippen LogP contribution >= 0.6 is 0 Å². The van der Waals surface area contributed by atoms with Crippen molar-refractivity contribution < 1.29 is 4.74 Å². The normalized spacial score (nSPS) is 21.1. The highest BCUT2D eigenvalue weighted by Crippen LogP contribution is 2.09. The van der Waals surface area contributed by atoms with E-state index in [1.54, 1.807) is 6.33 Å². The van der Waals surface area contributed by atoms with Crippen molar-refractivity contribution in [1.82, 2.24) is 19.7 Å². The number of aromatic nitrogens is 3. The summed E-state index contributed by atoms with van der Waals surface area (Å²) in [7, 11) is 0. The van der Waals surface area contributed by atoms with E-state index in [2.05, 4.69) is 34.9 Å². The molecule has 1 aliphatic rings. The third-order valence-electron chi connectivity index (χ3n) is 2.89. The van der Waals surface area contributed by atoms with Crippen LogP contribution in [0.2, 0.25) is 0 Å². The van der Waals surface area contributed by atoms with Gasteiger partial charge in [0.15, 0.2) is 6.10 Å². The van der Waals surface area contributed by atoms with Crippen LogP contribution in [0.4, 0.5) is 0 Å². The van der Waals surface area contributed by atoms with Crippen LogP contribution < -0.4 is 0 Å². The van der Waals surface area contributed by atoms with E-state index in [1.165, 1.54) is 0 Å². The maximum Gasteiger partial charge on any atom is 0.156 e. The van der Waals surface area contributed by atoms with E-state index in [9.17, 15) is 0 Å². The lowest BCUT2D eigenvalue weighted by Crippen LogP contribution is -2.41. The minimum Gasteiger partial charge on any atom is -0.361 e. The molecule has 6 heteroatoms. The molecule has 1 atom stereocenters. The zero-order valence-electron chi connectivity index (χ0n) is 10.9. The maximum atomic E-state index is 8.87. The molecule has 1 aromatic rings. The first kappa shape index (κ1) is 13.0. The maximum absolute atomic E-state index is 8.87. The predicted molar refractivity (Wildman–Crippen MR) is 65.5 cm³/mol. The van der Waals surface area contributed by atoms with Gasteiger partial charge in [0.25, 0.3) is 0 Å². The van der Waals surface area contributed by atoms with Crippen LogP contribution in [0, 0.1) is 17.2 Å². The number of hydrogen-bond donors (Lipinski definition) is 0. The van der Waals surface area contributed by atoms with Gasteiger partial charge in [-0.3, -0.25) is 4.90 Å². The van der Waals surface area contributed by atoms with Crippen molar-refractivity contribution in [1.29, 1.82) is 5.26 Å². The second-order valence-electron chi connectivity index (χ2n) is 4.98. The summed E-state index contributed by atoms with van der Waals surface area (Å²) in [6.45, 7) is 8.02. The van der Waals surface area contributed by atoms with E-state index >= 15 is 0 Å². The summed E-state index contributed by atoms with van der Waals surface area (Å²) in [5.74, 6) is 1.50. The number of morpholine rings is 1. The van der Waals surface area contributed by atoms with Crippen LogP contribution in [0.3, 0.4) is 0 Å². The van der Waals surface area contributed by atoms with Crippen LogP contribution in [0.5, 0.6) is 0 Å². The lowest BCUT2D eigenvalue weighted by atomic mass is 10.2. The van der Waals surface area contributed by atoms with Crippen LogP contribution in [-0.2, 0) is 17.8 Å². The minimum atomic E-state index is -0.319. The highest BCUT2D eigenvalue weighted by molar-refractivity contribution is 4.92. The fraction of sp³-hybridized carbons (Fsp3) is 0.750. The summed E-state index contributed by atoms with van der Waals surface area (Å²) in [6, 6.07) is 2.15. The Hall–Kier alpha value is -1.45. The van der Waals surface area contributed by atoms with Crippen molar-refractivity contribution >= 4 is 0 Å². The zero-order chi connectivity index (χ0) is 13.0. The highest BCUT2D eigenvalue weighted by Gasteiger charge is 2.21. The fourth-order valence-electron chi connectivity index (χ4n) is 2.03. The molecular formula is C12H19N5O. The standard InChI is InChI=1S/C12H19N5O/c1-10(2)6-17-12(14-9-15-17)8-16-3-4-18-11(5-13)7-16/h9-11H,3-4,6-8H2,1-2H3. The number of nitrogens with zero attached hydrogens (tertiary/aromatic N) is 5. The molecule has 0 aliphatic carbocycles. The molecular weight excluding hydrogens is 230 g/mol. The third-order valence-corrected chi connectivity index (χ3v) is 2.89. The van der Waals surface area contributed by atoms with Gasteiger partial charge in [-0.1, -0.05) is 13.8 Å². The number of hydrogen-bond acceptors (Lipinski definition) is 5. The van der Waals surface area contributed by atoms with Crippen molar-refractivity contribution in [2.24, 2.45) is 5.92 Å². The van der Waals surface area contributed by atoms with Gasteiger partial charge < -0.3 is 4.74 Å². The first-order valence-corrected chi connectivity index (χ1v) is 6.29. The smallest absolute Gasteiger partial charge is 0.156 e. The number of nitriles is 1. The zero-order valence-corrected chi connectivity index (χ0v) is 10.9. The Balaban J connectivity index is 1.97. The van der Waals surface area contributed by atoms with E-state index in [-0.39, 0.29) is 6.10 Å². The molecule has 1 unspecified atom stereocenters. The van der Waals surface area contributed by atoms with E-state index in [0.717, 1.165) is 25.5 Å². The van der Waals surface area contributed by atoms with Crippen LogP contribution in [0.15, 0.2) is 6.33 Å². The molecule has 18 heavy (non-hydrogen) atoms. The molecule has 0 N–H and O–H groups in total. The van der Waals surface area contributed by atoms with Crippen LogP contribution in [-0.4, -0.2) is 45.5 Å². The van der Waals surface area contributed by atoms with Gasteiger partial charge in [-0.15, -0.1) is 0 Å². The Kier molecular flexibility index (Phi) is 4.28. The van der Waals surface area contributed by atoms with Crippen molar-refractivity contribution in [3.8, 4) is 6.07 Å². The predicted octanol–water partition coefficient (Wildman–Crippen LogP) is 0.658. The minimum absolute atomic E-state index is 0.319. The van der Waals surface area contributed by atoms with E-state index < -0.39 is 0 Å². The highest BCUT2D eigenvalue weighted by atomic mass is 16.5. The average molecular weight is 249 g/mol. The van der Waals surface area contributed by atoms with Crippen molar-refractivity contribution in [3.05, 3.63) is 12.2 Å². The topological polar surface area (TPSA) is 67.0 Å². The van der Waals surface area contributed by atoms with E-state index in [4.69, 9.17) is 10.00 Å². The monoisotopic (exact) mass is 249 g/mol. The van der Waals surface area contributed by atoms with Gasteiger partial charge >= 0.3 is 0 Å². The van der Waals surface area contributed by atoms with Gasteiger partial charge in [-0.25, -0.2) is 9.67 Å². The van der Waals surface area contributed by atoms with Crippen LogP contribution in [0.25, 0.3) is 0 Å². The molecule has 0 aromatic carbocycles. The lowest BCUT2D eigenvalue weighted by molar-refractivity contribution is -0.00411. The fourth-order valence-corrected chi connectivity index (χ4v) is 2.03. The van der Waals surface area contributed by atoms with Crippen LogP contribution in [0.1, 0.15) is 19.7 Å². The second kappa shape index (κ2) is 5.94. The molecule has 1 aliphatic heterocycles. The molecule has 1 saturated heterocycles. The Labute approximate surface area is 107 Å². The molecule has 0 amide bonds. The van der Waals surface area contributed by atoms with Crippen molar-refractivity contribution in [2.75, 3.05) is 19.7 Å². The SMILES string of the molecule is CC(C)Cn1ncnc1CN1CCOC(C#N)C1. The largest absolute Gasteiger partial charge is 0.361 e. The Morgan fingerprint density at radius 2 is 2.44 bits per heavy atom. The van der Waals surface area contributed by atoms with Gasteiger partial charge in [-0.05, 0) is 5.92 Å². The molecule has 98 valence electrons. The molecule has 6 nitrogen and oxygen atoms in total. The molecule has 1 aromatic heterocycles. The Morgan fingerprint density at radius 1 is 1.61 bits per heavy atom. The molecule has 2 rings (SSSR count). The molecule has 0 radical (unpaired) electrons. The molecule has 2 heterocycles. The summed E-state index contributed by atoms with van der Waals surface area (Å²) >= 11 is 0. The van der Waals surface area contributed by atoms with Gasteiger partial charge in [0, 0.05) is 19.6 Å². The third kappa shape index (κ3) is 3.28. The molecule has 1 fully saturated rings. The second-order valence-corrected chi connectivity index (χ2v) is 4.98. The molecule has 0 bridgehead atoms. The van der Waals surface area contributed by atoms with Gasteiger partial charge in [0.05, 0.1) is 19.2 Å². The molecule has 0 saturated carbocycles. The average Bonchev–Trinajstić information content (AvgIpc) is 2.76. The molecule has 0 spiro atoms. The Morgan fingerprint density at radius 3 is 3.17 bits per heavy atom. The number of rotatable bonds is 4. The number of ether oxygens (including phenoxy) is 1. The van der Waals surface area contributed by atoms with E-state index in [1.807, 2.05) is 4.68 Å². The summed E-state index contributed by atoms with van der Waals surface area (Å²) in [4.78, 5) is 6.49. The summed E-state index contributed by atoms with van der Waals surface area (Å²) in [5.41, 5.74) is 0. The van der Waals surface area contributed by atoms with Gasteiger partial charge in [-0.2, -0.15) is 10.4 Å². The van der Waals surface area contributed by atoms with Crippen molar-refractivity contribution in [3.63, 3.8) is 0 Å². The summed E-state index contributed by atoms with van der Waals surface area (Å²) < 4.78 is 7.27. The lowest BCUT2D eigenvalue weighted by Gasteiger charge is -2.29. The Bertz CT molecular complexity index is 422. The van der Waals surface area contributed by atoms with E-state index in [0.29, 0.717) is 19.1 Å². The first-order valence-electron chi connectivity index (χ1n) is 6.29. The van der Waals surface area contributed by atoms with Gasteiger partial charge in [0.2, 0.25) is 0 Å². The van der Waals surface area contributed by atoms with Crippen molar-refractivity contribution in [2.45, 2.75) is 33.0 Å². The quantitative estimate of drug-likeness (QED) is 0.784. The summed E-state index contributed by atoms with van der Waals surface area (Å²) in [6.07, 6.45) is 1.28. The summed E-state index contributed by atoms with van der Waals surface area (Å²) in [5, 5.41) is 13.1. The first-order chi connectivity index (χ1) is 8.69. The van der Waals surface area contributed by atoms with Gasteiger partial charge in [0.1, 0.15) is 12.2 Å².